The Kier molecular flexibility index (Phi) is 4.85. The van der Waals surface area contributed by atoms with Crippen molar-refractivity contribution in [2.75, 3.05) is 16.8 Å². The van der Waals surface area contributed by atoms with Crippen LogP contribution in [-0.4, -0.2) is 23.3 Å². The number of hydrogen-bond acceptors (Lipinski definition) is 4. The molecule has 1 saturated heterocycles. The first-order valence-electron chi connectivity index (χ1n) is 8.07. The van der Waals surface area contributed by atoms with E-state index in [1.807, 2.05) is 0 Å². The molecule has 140 valence electrons. The Labute approximate surface area is 152 Å². The predicted molar refractivity (Wildman–Crippen MR) is 93.3 cm³/mol. The van der Waals surface area contributed by atoms with Crippen molar-refractivity contribution in [1.29, 1.82) is 0 Å². The Morgan fingerprint density at radius 3 is 2.67 bits per heavy atom. The molecule has 1 atom stereocenters. The molecule has 9 heteroatoms. The highest BCUT2D eigenvalue weighted by atomic mass is 19.1. The molecule has 2 aromatic rings. The monoisotopic (exact) mass is 375 g/mol. The summed E-state index contributed by atoms with van der Waals surface area (Å²) in [6.07, 6.45) is -0.142. The average Bonchev–Trinajstić information content (AvgIpc) is 2.98. The van der Waals surface area contributed by atoms with Gasteiger partial charge in [-0.2, -0.15) is 0 Å². The average molecular weight is 375 g/mol. The summed E-state index contributed by atoms with van der Waals surface area (Å²) in [5.74, 6) is -3.39. The van der Waals surface area contributed by atoms with Gasteiger partial charge in [0.25, 0.3) is 5.69 Å². The standard InChI is InChI=1S/C18H15F2N3O4/c1-10-2-4-13(8-16(10)23(26)27)21-18(25)11-6-17(24)22(9-11)15-5-3-12(19)7-14(15)20/h2-5,7-8,11H,6,9H2,1H3,(H,21,25). The van der Waals surface area contributed by atoms with E-state index in [1.54, 1.807) is 6.92 Å². The smallest absolute Gasteiger partial charge is 0.274 e. The van der Waals surface area contributed by atoms with Crippen molar-refractivity contribution in [3.63, 3.8) is 0 Å². The Morgan fingerprint density at radius 1 is 1.26 bits per heavy atom. The third kappa shape index (κ3) is 3.76. The first kappa shape index (κ1) is 18.4. The minimum atomic E-state index is -0.890. The lowest BCUT2D eigenvalue weighted by Gasteiger charge is -2.17. The zero-order chi connectivity index (χ0) is 19.7. The predicted octanol–water partition coefficient (Wildman–Crippen LogP) is 3.17. The van der Waals surface area contributed by atoms with Crippen LogP contribution in [0.3, 0.4) is 0 Å². The molecule has 1 N–H and O–H groups in total. The molecular weight excluding hydrogens is 360 g/mol. The van der Waals surface area contributed by atoms with Gasteiger partial charge in [0.05, 0.1) is 16.5 Å². The number of carbonyl (C=O) groups is 2. The number of carbonyl (C=O) groups excluding carboxylic acids is 2. The van der Waals surface area contributed by atoms with Gasteiger partial charge in [0.2, 0.25) is 11.8 Å². The molecule has 7 nitrogen and oxygen atoms in total. The summed E-state index contributed by atoms with van der Waals surface area (Å²) in [5, 5.41) is 13.5. The highest BCUT2D eigenvalue weighted by Crippen LogP contribution is 2.29. The number of anilines is 2. The molecule has 3 rings (SSSR count). The van der Waals surface area contributed by atoms with Crippen molar-refractivity contribution >= 4 is 28.9 Å². The highest BCUT2D eigenvalue weighted by molar-refractivity contribution is 6.03. The Balaban J connectivity index is 1.74. The molecule has 0 aliphatic carbocycles. The summed E-state index contributed by atoms with van der Waals surface area (Å²) in [7, 11) is 0. The van der Waals surface area contributed by atoms with Crippen LogP contribution in [0.25, 0.3) is 0 Å². The molecule has 2 aromatic carbocycles. The van der Waals surface area contributed by atoms with E-state index in [-0.39, 0.29) is 30.0 Å². The van der Waals surface area contributed by atoms with Crippen LogP contribution in [0.2, 0.25) is 0 Å². The van der Waals surface area contributed by atoms with Crippen molar-refractivity contribution < 1.29 is 23.3 Å². The number of nitro benzene ring substituents is 1. The molecule has 1 aliphatic rings. The number of benzene rings is 2. The van der Waals surface area contributed by atoms with Crippen LogP contribution in [-0.2, 0) is 9.59 Å². The van der Waals surface area contributed by atoms with Gasteiger partial charge in [-0.1, -0.05) is 6.07 Å². The number of hydrogen-bond donors (Lipinski definition) is 1. The topological polar surface area (TPSA) is 92.6 Å². The first-order chi connectivity index (χ1) is 12.8. The minimum absolute atomic E-state index is 0.0683. The normalized spacial score (nSPS) is 16.5. The number of halogens is 2. The molecule has 1 aliphatic heterocycles. The summed E-state index contributed by atoms with van der Waals surface area (Å²) < 4.78 is 27.0. The Morgan fingerprint density at radius 2 is 2.00 bits per heavy atom. The minimum Gasteiger partial charge on any atom is -0.326 e. The number of aryl methyl sites for hydroxylation is 1. The van der Waals surface area contributed by atoms with E-state index < -0.39 is 34.3 Å². The fraction of sp³-hybridized carbons (Fsp3) is 0.222. The quantitative estimate of drug-likeness (QED) is 0.656. The second-order valence-corrected chi connectivity index (χ2v) is 6.25. The molecule has 0 saturated carbocycles. The van der Waals surface area contributed by atoms with Gasteiger partial charge >= 0.3 is 0 Å². The number of amides is 2. The van der Waals surface area contributed by atoms with Gasteiger partial charge in [0.15, 0.2) is 0 Å². The lowest BCUT2D eigenvalue weighted by atomic mass is 10.1. The Bertz CT molecular complexity index is 948. The summed E-state index contributed by atoms with van der Waals surface area (Å²) >= 11 is 0. The maximum absolute atomic E-state index is 13.9. The molecule has 1 unspecified atom stereocenters. The highest BCUT2D eigenvalue weighted by Gasteiger charge is 2.36. The number of nitro groups is 1. The molecule has 27 heavy (non-hydrogen) atoms. The van der Waals surface area contributed by atoms with Gasteiger partial charge in [0, 0.05) is 36.3 Å². The van der Waals surface area contributed by atoms with Gasteiger partial charge in [-0.05, 0) is 25.1 Å². The fourth-order valence-corrected chi connectivity index (χ4v) is 2.94. The van der Waals surface area contributed by atoms with Crippen molar-refractivity contribution in [2.45, 2.75) is 13.3 Å². The molecule has 2 amide bonds. The summed E-state index contributed by atoms with van der Waals surface area (Å²) in [6, 6.07) is 7.11. The largest absolute Gasteiger partial charge is 0.326 e. The second kappa shape index (κ2) is 7.10. The molecular formula is C18H15F2N3O4. The lowest BCUT2D eigenvalue weighted by Crippen LogP contribution is -2.28. The van der Waals surface area contributed by atoms with Crippen LogP contribution in [0, 0.1) is 34.6 Å². The van der Waals surface area contributed by atoms with E-state index >= 15 is 0 Å². The van der Waals surface area contributed by atoms with Crippen molar-refractivity contribution in [2.24, 2.45) is 5.92 Å². The van der Waals surface area contributed by atoms with Crippen LogP contribution in [0.1, 0.15) is 12.0 Å². The SMILES string of the molecule is Cc1ccc(NC(=O)C2CC(=O)N(c3ccc(F)cc3F)C2)cc1[N+](=O)[O-]. The molecule has 1 fully saturated rings. The molecule has 0 spiro atoms. The lowest BCUT2D eigenvalue weighted by molar-refractivity contribution is -0.385. The van der Waals surface area contributed by atoms with E-state index in [0.717, 1.165) is 17.0 Å². The van der Waals surface area contributed by atoms with E-state index in [0.29, 0.717) is 11.6 Å². The molecule has 0 radical (unpaired) electrons. The van der Waals surface area contributed by atoms with Crippen molar-refractivity contribution in [1.82, 2.24) is 0 Å². The fourth-order valence-electron chi connectivity index (χ4n) is 2.94. The van der Waals surface area contributed by atoms with Crippen molar-refractivity contribution in [3.8, 4) is 0 Å². The van der Waals surface area contributed by atoms with Crippen LogP contribution in [0.4, 0.5) is 25.8 Å². The van der Waals surface area contributed by atoms with Crippen LogP contribution in [0.15, 0.2) is 36.4 Å². The van der Waals surface area contributed by atoms with Crippen LogP contribution in [0.5, 0.6) is 0 Å². The van der Waals surface area contributed by atoms with Gasteiger partial charge in [-0.25, -0.2) is 8.78 Å². The summed E-state index contributed by atoms with van der Waals surface area (Å²) in [4.78, 5) is 36.1. The maximum atomic E-state index is 13.9. The molecule has 0 bridgehead atoms. The van der Waals surface area contributed by atoms with Crippen molar-refractivity contribution in [3.05, 3.63) is 63.7 Å². The van der Waals surface area contributed by atoms with Crippen LogP contribution >= 0.6 is 0 Å². The zero-order valence-corrected chi connectivity index (χ0v) is 14.2. The van der Waals surface area contributed by atoms with E-state index in [9.17, 15) is 28.5 Å². The number of rotatable bonds is 4. The molecule has 1 heterocycles. The van der Waals surface area contributed by atoms with Gasteiger partial charge in [0.1, 0.15) is 11.6 Å². The van der Waals surface area contributed by atoms with E-state index in [1.165, 1.54) is 18.2 Å². The van der Waals surface area contributed by atoms with E-state index in [4.69, 9.17) is 0 Å². The third-order valence-electron chi connectivity index (χ3n) is 4.37. The maximum Gasteiger partial charge on any atom is 0.274 e. The number of nitrogens with zero attached hydrogens (tertiary/aromatic N) is 2. The summed E-state index contributed by atoms with van der Waals surface area (Å²) in [5.41, 5.74) is 0.455. The zero-order valence-electron chi connectivity index (χ0n) is 14.2. The summed E-state index contributed by atoms with van der Waals surface area (Å²) in [6.45, 7) is 1.51. The van der Waals surface area contributed by atoms with Gasteiger partial charge in [-0.15, -0.1) is 0 Å². The van der Waals surface area contributed by atoms with Gasteiger partial charge in [-0.3, -0.25) is 19.7 Å². The molecule has 0 aromatic heterocycles. The van der Waals surface area contributed by atoms with E-state index in [2.05, 4.69) is 5.32 Å². The number of nitrogens with one attached hydrogen (secondary N) is 1. The van der Waals surface area contributed by atoms with Gasteiger partial charge < -0.3 is 10.2 Å². The van der Waals surface area contributed by atoms with Crippen LogP contribution < -0.4 is 10.2 Å². The Hall–Kier alpha value is -3.36. The second-order valence-electron chi connectivity index (χ2n) is 6.25. The third-order valence-corrected chi connectivity index (χ3v) is 4.37. The first-order valence-corrected chi connectivity index (χ1v) is 8.07.